The molecule has 0 aliphatic heterocycles. The highest BCUT2D eigenvalue weighted by Crippen LogP contribution is 2.17. The van der Waals surface area contributed by atoms with E-state index in [1.807, 2.05) is 30.3 Å². The Morgan fingerprint density at radius 2 is 2.18 bits per heavy atom. The maximum atomic E-state index is 11.5. The van der Waals surface area contributed by atoms with Crippen LogP contribution in [0.3, 0.4) is 0 Å². The molecule has 4 nitrogen and oxygen atoms in total. The van der Waals surface area contributed by atoms with E-state index in [0.29, 0.717) is 12.1 Å². The van der Waals surface area contributed by atoms with Crippen LogP contribution in [0.5, 0.6) is 0 Å². The largest absolute Gasteiger partial charge is 0.323 e. The molecule has 17 heavy (non-hydrogen) atoms. The molecule has 2 N–H and O–H groups in total. The highest BCUT2D eigenvalue weighted by atomic mass is 32.2. The van der Waals surface area contributed by atoms with Crippen LogP contribution in [-0.4, -0.2) is 21.9 Å². The molecule has 88 valence electrons. The number of benzene rings is 1. The van der Waals surface area contributed by atoms with Crippen molar-refractivity contribution in [3.63, 3.8) is 0 Å². The van der Waals surface area contributed by atoms with E-state index in [0.717, 1.165) is 5.75 Å². The summed E-state index contributed by atoms with van der Waals surface area (Å²) in [6, 6.07) is 10.1. The Labute approximate surface area is 104 Å². The summed E-state index contributed by atoms with van der Waals surface area (Å²) < 4.78 is 0. The number of carbonyl (C=O) groups is 1. The van der Waals surface area contributed by atoms with E-state index in [9.17, 15) is 4.79 Å². The number of anilines is 1. The minimum absolute atomic E-state index is 0.00910. The van der Waals surface area contributed by atoms with Crippen molar-refractivity contribution in [1.82, 2.24) is 10.2 Å². The summed E-state index contributed by atoms with van der Waals surface area (Å²) in [5, 5.41) is 9.17. The molecular formula is C12H13N3OS. The van der Waals surface area contributed by atoms with Gasteiger partial charge in [-0.15, -0.1) is 11.8 Å². The van der Waals surface area contributed by atoms with Crippen LogP contribution in [0.15, 0.2) is 47.6 Å². The molecule has 0 radical (unpaired) electrons. The molecule has 0 spiro atoms. The average molecular weight is 247 g/mol. The van der Waals surface area contributed by atoms with Gasteiger partial charge in [-0.05, 0) is 12.1 Å². The first kappa shape index (κ1) is 11.7. The number of nitrogens with one attached hydrogen (secondary N) is 2. The van der Waals surface area contributed by atoms with Crippen LogP contribution in [0.2, 0.25) is 0 Å². The number of thioether (sulfide) groups is 1. The fraction of sp³-hybridized carbons (Fsp3) is 0.167. The van der Waals surface area contributed by atoms with E-state index < -0.39 is 0 Å². The third kappa shape index (κ3) is 3.96. The Morgan fingerprint density at radius 3 is 2.88 bits per heavy atom. The van der Waals surface area contributed by atoms with Crippen molar-refractivity contribution in [3.05, 3.63) is 42.7 Å². The van der Waals surface area contributed by atoms with Crippen LogP contribution >= 0.6 is 11.8 Å². The van der Waals surface area contributed by atoms with E-state index in [4.69, 9.17) is 0 Å². The van der Waals surface area contributed by atoms with Crippen molar-refractivity contribution >= 4 is 23.4 Å². The molecule has 1 heterocycles. The van der Waals surface area contributed by atoms with Crippen LogP contribution in [0.1, 0.15) is 6.42 Å². The summed E-state index contributed by atoms with van der Waals surface area (Å²) in [5.74, 6) is 0.781. The molecular weight excluding hydrogens is 234 g/mol. The van der Waals surface area contributed by atoms with Gasteiger partial charge in [-0.3, -0.25) is 9.89 Å². The number of aromatic amines is 1. The highest BCUT2D eigenvalue weighted by Gasteiger charge is 2.03. The van der Waals surface area contributed by atoms with Gasteiger partial charge in [0, 0.05) is 23.3 Å². The zero-order valence-corrected chi connectivity index (χ0v) is 10.0. The Kier molecular flexibility index (Phi) is 4.21. The number of rotatable bonds is 5. The fourth-order valence-electron chi connectivity index (χ4n) is 1.32. The Bertz CT molecular complexity index is 456. The number of carbonyl (C=O) groups excluding carboxylic acids is 1. The van der Waals surface area contributed by atoms with E-state index in [1.165, 1.54) is 4.90 Å². The smallest absolute Gasteiger partial charge is 0.225 e. The van der Waals surface area contributed by atoms with Crippen LogP contribution in [0.4, 0.5) is 5.69 Å². The molecule has 0 unspecified atom stereocenters. The molecule has 1 aromatic carbocycles. The van der Waals surface area contributed by atoms with Crippen molar-refractivity contribution in [1.29, 1.82) is 0 Å². The number of hydrogen-bond acceptors (Lipinski definition) is 3. The van der Waals surface area contributed by atoms with Gasteiger partial charge in [-0.1, -0.05) is 18.2 Å². The number of hydrogen-bond donors (Lipinski definition) is 2. The van der Waals surface area contributed by atoms with E-state index in [1.54, 1.807) is 24.2 Å². The van der Waals surface area contributed by atoms with Gasteiger partial charge in [0.15, 0.2) is 0 Å². The van der Waals surface area contributed by atoms with Gasteiger partial charge in [-0.25, -0.2) is 0 Å². The van der Waals surface area contributed by atoms with Crippen molar-refractivity contribution < 1.29 is 4.79 Å². The zero-order valence-electron chi connectivity index (χ0n) is 9.22. The molecule has 0 aliphatic rings. The number of aromatic nitrogens is 2. The fourth-order valence-corrected chi connectivity index (χ4v) is 2.19. The monoisotopic (exact) mass is 247 g/mol. The summed E-state index contributed by atoms with van der Waals surface area (Å²) >= 11 is 1.68. The molecule has 2 rings (SSSR count). The number of amides is 1. The molecule has 2 aromatic rings. The van der Waals surface area contributed by atoms with Gasteiger partial charge < -0.3 is 5.32 Å². The van der Waals surface area contributed by atoms with Crippen molar-refractivity contribution in [3.8, 4) is 0 Å². The quantitative estimate of drug-likeness (QED) is 0.798. The summed E-state index contributed by atoms with van der Waals surface area (Å²) in [6.07, 6.45) is 3.73. The second-order valence-electron chi connectivity index (χ2n) is 3.45. The normalized spacial score (nSPS) is 10.1. The molecule has 5 heteroatoms. The zero-order chi connectivity index (χ0) is 11.9. The minimum atomic E-state index is 0.00910. The van der Waals surface area contributed by atoms with Gasteiger partial charge in [0.2, 0.25) is 5.91 Å². The van der Waals surface area contributed by atoms with Gasteiger partial charge >= 0.3 is 0 Å². The van der Waals surface area contributed by atoms with Crippen LogP contribution in [0, 0.1) is 0 Å². The molecule has 0 aliphatic carbocycles. The standard InChI is InChI=1S/C12H13N3OS/c16-12(15-10-8-13-14-9-10)6-7-17-11-4-2-1-3-5-11/h1-5,8-9H,6-7H2,(H,13,14)(H,15,16). The Balaban J connectivity index is 1.70. The average Bonchev–Trinajstić information content (AvgIpc) is 2.83. The third-order valence-electron chi connectivity index (χ3n) is 2.12. The van der Waals surface area contributed by atoms with Gasteiger partial charge in [0.25, 0.3) is 0 Å². The van der Waals surface area contributed by atoms with Gasteiger partial charge in [-0.2, -0.15) is 5.10 Å². The molecule has 0 fully saturated rings. The SMILES string of the molecule is O=C(CCSc1ccccc1)Nc1cn[nH]c1. The first-order chi connectivity index (χ1) is 8.34. The third-order valence-corrected chi connectivity index (χ3v) is 3.14. The lowest BCUT2D eigenvalue weighted by atomic mass is 10.4. The molecule has 0 atom stereocenters. The first-order valence-electron chi connectivity index (χ1n) is 5.31. The van der Waals surface area contributed by atoms with Crippen molar-refractivity contribution in [2.75, 3.05) is 11.1 Å². The topological polar surface area (TPSA) is 57.8 Å². The predicted octanol–water partition coefficient (Wildman–Crippen LogP) is 2.53. The second-order valence-corrected chi connectivity index (χ2v) is 4.61. The highest BCUT2D eigenvalue weighted by molar-refractivity contribution is 7.99. The van der Waals surface area contributed by atoms with Gasteiger partial charge in [0.05, 0.1) is 11.9 Å². The molecule has 1 amide bonds. The number of nitrogens with zero attached hydrogens (tertiary/aromatic N) is 1. The van der Waals surface area contributed by atoms with Crippen molar-refractivity contribution in [2.24, 2.45) is 0 Å². The second kappa shape index (κ2) is 6.10. The number of H-pyrrole nitrogens is 1. The molecule has 1 aromatic heterocycles. The summed E-state index contributed by atoms with van der Waals surface area (Å²) in [6.45, 7) is 0. The summed E-state index contributed by atoms with van der Waals surface area (Å²) in [4.78, 5) is 12.7. The first-order valence-corrected chi connectivity index (χ1v) is 6.29. The molecule has 0 bridgehead atoms. The van der Waals surface area contributed by atoms with Crippen molar-refractivity contribution in [2.45, 2.75) is 11.3 Å². The lowest BCUT2D eigenvalue weighted by Crippen LogP contribution is -2.11. The van der Waals surface area contributed by atoms with E-state index >= 15 is 0 Å². The minimum Gasteiger partial charge on any atom is -0.323 e. The summed E-state index contributed by atoms with van der Waals surface area (Å²) in [7, 11) is 0. The maximum Gasteiger partial charge on any atom is 0.225 e. The Morgan fingerprint density at radius 1 is 1.35 bits per heavy atom. The lowest BCUT2D eigenvalue weighted by molar-refractivity contribution is -0.115. The van der Waals surface area contributed by atoms with Crippen LogP contribution in [0.25, 0.3) is 0 Å². The Hall–Kier alpha value is -1.75. The van der Waals surface area contributed by atoms with Gasteiger partial charge in [0.1, 0.15) is 0 Å². The maximum absolute atomic E-state index is 11.5. The summed E-state index contributed by atoms with van der Waals surface area (Å²) in [5.41, 5.74) is 0.708. The van der Waals surface area contributed by atoms with E-state index in [2.05, 4.69) is 15.5 Å². The predicted molar refractivity (Wildman–Crippen MR) is 69.0 cm³/mol. The molecule has 0 saturated carbocycles. The van der Waals surface area contributed by atoms with Crippen LogP contribution < -0.4 is 5.32 Å². The molecule has 0 saturated heterocycles. The van der Waals surface area contributed by atoms with Crippen LogP contribution in [-0.2, 0) is 4.79 Å². The van der Waals surface area contributed by atoms with E-state index in [-0.39, 0.29) is 5.91 Å². The lowest BCUT2D eigenvalue weighted by Gasteiger charge is -2.02.